The Balaban J connectivity index is 1.57. The maximum atomic E-state index is 12.8. The largest absolute Gasteiger partial charge is 0.416 e. The number of hydrogen-bond donors (Lipinski definition) is 0. The number of rotatable bonds is 3. The van der Waals surface area contributed by atoms with Crippen LogP contribution in [-0.2, 0) is 32.7 Å². The van der Waals surface area contributed by atoms with E-state index in [0.717, 1.165) is 42.0 Å². The van der Waals surface area contributed by atoms with Crippen molar-refractivity contribution in [2.24, 2.45) is 7.05 Å². The molecule has 0 unspecified atom stereocenters. The summed E-state index contributed by atoms with van der Waals surface area (Å²) in [6, 6.07) is 14.9. The van der Waals surface area contributed by atoms with Crippen molar-refractivity contribution in [1.82, 2.24) is 14.5 Å². The van der Waals surface area contributed by atoms with E-state index < -0.39 is 11.7 Å². The number of benzene rings is 2. The van der Waals surface area contributed by atoms with Crippen molar-refractivity contribution in [2.45, 2.75) is 25.7 Å². The Hall–Kier alpha value is -3.11. The van der Waals surface area contributed by atoms with Gasteiger partial charge in [0.1, 0.15) is 5.82 Å². The summed E-state index contributed by atoms with van der Waals surface area (Å²) in [5.41, 5.74) is 3.70. The lowest BCUT2D eigenvalue weighted by Crippen LogP contribution is -2.31. The summed E-state index contributed by atoms with van der Waals surface area (Å²) in [4.78, 5) is 6.95. The molecule has 0 spiro atoms. The minimum Gasteiger partial charge on any atom is -0.330 e. The van der Waals surface area contributed by atoms with Crippen molar-refractivity contribution in [3.05, 3.63) is 76.6 Å². The lowest BCUT2D eigenvalue weighted by atomic mass is 10.1. The first-order chi connectivity index (χ1) is 13.9. The van der Waals surface area contributed by atoms with Crippen molar-refractivity contribution < 1.29 is 13.2 Å². The minimum atomic E-state index is -4.35. The average Bonchev–Trinajstić information content (AvgIpc) is 3.04. The second kappa shape index (κ2) is 7.37. The van der Waals surface area contributed by atoms with Crippen LogP contribution in [0.3, 0.4) is 0 Å². The van der Waals surface area contributed by atoms with Crippen LogP contribution in [-0.4, -0.2) is 21.0 Å². The van der Waals surface area contributed by atoms with Gasteiger partial charge in [0, 0.05) is 38.7 Å². The molecular formula is C22H19F3N4. The average molecular weight is 396 g/mol. The molecule has 4 rings (SSSR count). The SMILES string of the molecule is Cn1c(-c2ccc(C(F)(F)F)cc2)nc2c1CN(Cc1ccccc1C#N)CC2. The quantitative estimate of drug-likeness (QED) is 0.653. The molecule has 0 atom stereocenters. The van der Waals surface area contributed by atoms with Gasteiger partial charge < -0.3 is 4.57 Å². The van der Waals surface area contributed by atoms with Crippen LogP contribution in [0, 0.1) is 11.3 Å². The van der Waals surface area contributed by atoms with Crippen molar-refractivity contribution in [3.63, 3.8) is 0 Å². The van der Waals surface area contributed by atoms with E-state index in [4.69, 9.17) is 4.98 Å². The first-order valence-electron chi connectivity index (χ1n) is 9.29. The smallest absolute Gasteiger partial charge is 0.330 e. The molecule has 1 aliphatic rings. The Morgan fingerprint density at radius 1 is 1.10 bits per heavy atom. The fourth-order valence-electron chi connectivity index (χ4n) is 3.75. The molecule has 1 aromatic heterocycles. The third-order valence-corrected chi connectivity index (χ3v) is 5.34. The van der Waals surface area contributed by atoms with Crippen LogP contribution in [0.5, 0.6) is 0 Å². The van der Waals surface area contributed by atoms with Crippen LogP contribution >= 0.6 is 0 Å². The van der Waals surface area contributed by atoms with Gasteiger partial charge in [-0.05, 0) is 23.8 Å². The minimum absolute atomic E-state index is 0.663. The zero-order chi connectivity index (χ0) is 20.6. The highest BCUT2D eigenvalue weighted by Gasteiger charge is 2.30. The van der Waals surface area contributed by atoms with Crippen LogP contribution in [0.25, 0.3) is 11.4 Å². The fraction of sp³-hybridized carbons (Fsp3) is 0.273. The Labute approximate surface area is 166 Å². The zero-order valence-electron chi connectivity index (χ0n) is 15.9. The lowest BCUT2D eigenvalue weighted by Gasteiger charge is -2.27. The molecule has 7 heteroatoms. The van der Waals surface area contributed by atoms with Crippen LogP contribution in [0.4, 0.5) is 13.2 Å². The van der Waals surface area contributed by atoms with E-state index in [0.29, 0.717) is 30.0 Å². The number of nitriles is 1. The standard InChI is InChI=1S/C22H19F3N4/c1-28-20-14-29(13-17-5-3-2-4-16(17)12-26)11-10-19(20)27-21(28)15-6-8-18(9-7-15)22(23,24)25/h2-9H,10-11,13-14H2,1H3. The van der Waals surface area contributed by atoms with Crippen LogP contribution in [0.15, 0.2) is 48.5 Å². The van der Waals surface area contributed by atoms with Crippen molar-refractivity contribution >= 4 is 0 Å². The first kappa shape index (κ1) is 19.2. The molecule has 0 saturated carbocycles. The molecule has 4 nitrogen and oxygen atoms in total. The van der Waals surface area contributed by atoms with E-state index in [1.165, 1.54) is 12.1 Å². The van der Waals surface area contributed by atoms with Gasteiger partial charge in [-0.25, -0.2) is 4.98 Å². The van der Waals surface area contributed by atoms with Crippen LogP contribution in [0.2, 0.25) is 0 Å². The summed E-state index contributed by atoms with van der Waals surface area (Å²) >= 11 is 0. The van der Waals surface area contributed by atoms with Gasteiger partial charge in [-0.3, -0.25) is 4.90 Å². The van der Waals surface area contributed by atoms with E-state index in [2.05, 4.69) is 11.0 Å². The molecule has 2 heterocycles. The third kappa shape index (κ3) is 3.76. The number of aromatic nitrogens is 2. The van der Waals surface area contributed by atoms with Crippen molar-refractivity contribution in [1.29, 1.82) is 5.26 Å². The zero-order valence-corrected chi connectivity index (χ0v) is 15.9. The molecule has 0 amide bonds. The van der Waals surface area contributed by atoms with Crippen molar-refractivity contribution in [2.75, 3.05) is 6.54 Å². The maximum absolute atomic E-state index is 12.8. The van der Waals surface area contributed by atoms with Crippen molar-refractivity contribution in [3.8, 4) is 17.5 Å². The Bertz CT molecular complexity index is 1070. The van der Waals surface area contributed by atoms with Gasteiger partial charge in [-0.1, -0.05) is 30.3 Å². The van der Waals surface area contributed by atoms with Crippen LogP contribution in [0.1, 0.15) is 28.1 Å². The molecule has 0 aliphatic carbocycles. The topological polar surface area (TPSA) is 44.9 Å². The molecular weight excluding hydrogens is 377 g/mol. The van der Waals surface area contributed by atoms with E-state index in [1.807, 2.05) is 35.9 Å². The molecule has 0 fully saturated rings. The number of nitrogens with zero attached hydrogens (tertiary/aromatic N) is 4. The number of halogens is 3. The summed E-state index contributed by atoms with van der Waals surface area (Å²) in [5.74, 6) is 0.669. The van der Waals surface area contributed by atoms with E-state index in [1.54, 1.807) is 0 Å². The predicted octanol–water partition coefficient (Wildman–Crippen LogP) is 4.54. The fourth-order valence-corrected chi connectivity index (χ4v) is 3.75. The summed E-state index contributed by atoms with van der Waals surface area (Å²) in [6.07, 6.45) is -3.59. The first-order valence-corrected chi connectivity index (χ1v) is 9.29. The summed E-state index contributed by atoms with van der Waals surface area (Å²) < 4.78 is 40.4. The highest BCUT2D eigenvalue weighted by atomic mass is 19.4. The molecule has 1 aliphatic heterocycles. The normalized spacial score (nSPS) is 14.4. The molecule has 0 bridgehead atoms. The molecule has 3 aromatic rings. The van der Waals surface area contributed by atoms with E-state index in [-0.39, 0.29) is 0 Å². The van der Waals surface area contributed by atoms with E-state index in [9.17, 15) is 18.4 Å². The maximum Gasteiger partial charge on any atom is 0.416 e. The van der Waals surface area contributed by atoms with Gasteiger partial charge in [0.05, 0.1) is 28.6 Å². The van der Waals surface area contributed by atoms with Gasteiger partial charge in [0.15, 0.2) is 0 Å². The third-order valence-electron chi connectivity index (χ3n) is 5.34. The Morgan fingerprint density at radius 3 is 2.52 bits per heavy atom. The molecule has 0 N–H and O–H groups in total. The van der Waals surface area contributed by atoms with Crippen LogP contribution < -0.4 is 0 Å². The summed E-state index contributed by atoms with van der Waals surface area (Å²) in [6.45, 7) is 2.17. The molecule has 0 radical (unpaired) electrons. The number of imidazole rings is 1. The van der Waals surface area contributed by atoms with Gasteiger partial charge in [0.25, 0.3) is 0 Å². The second-order valence-corrected chi connectivity index (χ2v) is 7.19. The second-order valence-electron chi connectivity index (χ2n) is 7.19. The van der Waals surface area contributed by atoms with Gasteiger partial charge >= 0.3 is 6.18 Å². The Morgan fingerprint density at radius 2 is 1.83 bits per heavy atom. The predicted molar refractivity (Wildman–Crippen MR) is 103 cm³/mol. The molecule has 148 valence electrons. The van der Waals surface area contributed by atoms with Gasteiger partial charge in [-0.2, -0.15) is 18.4 Å². The molecule has 29 heavy (non-hydrogen) atoms. The molecule has 2 aromatic carbocycles. The lowest BCUT2D eigenvalue weighted by molar-refractivity contribution is -0.137. The number of alkyl halides is 3. The van der Waals surface area contributed by atoms with Gasteiger partial charge in [0.2, 0.25) is 0 Å². The highest BCUT2D eigenvalue weighted by Crippen LogP contribution is 2.32. The van der Waals surface area contributed by atoms with E-state index >= 15 is 0 Å². The molecule has 0 saturated heterocycles. The number of hydrogen-bond acceptors (Lipinski definition) is 3. The monoisotopic (exact) mass is 396 g/mol. The Kier molecular flexibility index (Phi) is 4.89. The summed E-state index contributed by atoms with van der Waals surface area (Å²) in [5, 5.41) is 9.30. The summed E-state index contributed by atoms with van der Waals surface area (Å²) in [7, 11) is 1.89. The van der Waals surface area contributed by atoms with Gasteiger partial charge in [-0.15, -0.1) is 0 Å². The highest BCUT2D eigenvalue weighted by molar-refractivity contribution is 5.58. The number of fused-ring (bicyclic) bond motifs is 1.